The molecule has 0 aliphatic carbocycles. The third-order valence-electron chi connectivity index (χ3n) is 2.60. The minimum atomic E-state index is 0.576. The summed E-state index contributed by atoms with van der Waals surface area (Å²) in [5, 5.41) is 3.20. The highest BCUT2D eigenvalue weighted by atomic mass is 16.5. The second-order valence-electron chi connectivity index (χ2n) is 4.54. The summed E-state index contributed by atoms with van der Waals surface area (Å²) in [6.07, 6.45) is 1.58. The van der Waals surface area contributed by atoms with E-state index in [0.29, 0.717) is 5.92 Å². The Balaban J connectivity index is 3.08. The number of nitrogens with one attached hydrogen (secondary N) is 1. The molecule has 0 atom stereocenters. The van der Waals surface area contributed by atoms with Gasteiger partial charge in [-0.15, -0.1) is 0 Å². The second-order valence-corrected chi connectivity index (χ2v) is 4.54. The van der Waals surface area contributed by atoms with Crippen molar-refractivity contribution >= 4 is 11.6 Å². The van der Waals surface area contributed by atoms with Gasteiger partial charge in [0.05, 0.1) is 7.11 Å². The van der Waals surface area contributed by atoms with E-state index in [1.54, 1.807) is 13.4 Å². The van der Waals surface area contributed by atoms with Crippen LogP contribution in [0, 0.1) is 5.92 Å². The Bertz CT molecular complexity index is 368. The molecule has 0 spiro atoms. The largest absolute Gasteiger partial charge is 0.490 e. The van der Waals surface area contributed by atoms with Gasteiger partial charge in [0.1, 0.15) is 6.33 Å². The van der Waals surface area contributed by atoms with Gasteiger partial charge in [-0.05, 0) is 19.8 Å². The molecule has 1 aromatic rings. The maximum atomic E-state index is 5.46. The van der Waals surface area contributed by atoms with Crippen molar-refractivity contribution in [1.29, 1.82) is 0 Å². The van der Waals surface area contributed by atoms with Crippen LogP contribution in [0.15, 0.2) is 6.33 Å². The van der Waals surface area contributed by atoms with Crippen molar-refractivity contribution in [3.05, 3.63) is 6.33 Å². The molecule has 5 nitrogen and oxygen atoms in total. The minimum absolute atomic E-state index is 0.576. The molecule has 0 unspecified atom stereocenters. The Morgan fingerprint density at radius 3 is 2.56 bits per heavy atom. The number of ether oxygens (including phenoxy) is 1. The van der Waals surface area contributed by atoms with Crippen LogP contribution in [0.2, 0.25) is 0 Å². The summed E-state index contributed by atoms with van der Waals surface area (Å²) in [6.45, 7) is 11.2. The van der Waals surface area contributed by atoms with Crippen molar-refractivity contribution in [2.24, 2.45) is 5.92 Å². The number of nitrogens with zero attached hydrogens (tertiary/aromatic N) is 3. The van der Waals surface area contributed by atoms with E-state index in [2.05, 4.69) is 41.0 Å². The third kappa shape index (κ3) is 3.48. The summed E-state index contributed by atoms with van der Waals surface area (Å²) in [7, 11) is 1.66. The molecule has 5 heteroatoms. The Labute approximate surface area is 110 Å². The topological polar surface area (TPSA) is 50.3 Å². The van der Waals surface area contributed by atoms with Gasteiger partial charge in [-0.1, -0.05) is 13.8 Å². The molecule has 18 heavy (non-hydrogen) atoms. The fourth-order valence-corrected chi connectivity index (χ4v) is 1.88. The first-order chi connectivity index (χ1) is 8.63. The standard InChI is InChI=1S/C13H24N4O/c1-6-14-12-11(18-5)13(16-9-15-12)17(7-2)8-10(3)4/h9-10H,6-8H2,1-5H3,(H,14,15,16). The van der Waals surface area contributed by atoms with Crippen LogP contribution in [0.25, 0.3) is 0 Å². The lowest BCUT2D eigenvalue weighted by atomic mass is 10.2. The van der Waals surface area contributed by atoms with E-state index >= 15 is 0 Å². The van der Waals surface area contributed by atoms with Crippen LogP contribution in [0.3, 0.4) is 0 Å². The van der Waals surface area contributed by atoms with Gasteiger partial charge >= 0.3 is 0 Å². The first-order valence-corrected chi connectivity index (χ1v) is 6.51. The van der Waals surface area contributed by atoms with Gasteiger partial charge in [0, 0.05) is 19.6 Å². The molecule has 1 N–H and O–H groups in total. The smallest absolute Gasteiger partial charge is 0.204 e. The molecule has 0 amide bonds. The fraction of sp³-hybridized carbons (Fsp3) is 0.692. The van der Waals surface area contributed by atoms with Crippen LogP contribution in [0.1, 0.15) is 27.7 Å². The summed E-state index contributed by atoms with van der Waals surface area (Å²) in [5.41, 5.74) is 0. The lowest BCUT2D eigenvalue weighted by Gasteiger charge is -2.26. The molecule has 0 saturated heterocycles. The van der Waals surface area contributed by atoms with Crippen LogP contribution in [-0.2, 0) is 0 Å². The lowest BCUT2D eigenvalue weighted by molar-refractivity contribution is 0.411. The highest BCUT2D eigenvalue weighted by molar-refractivity contribution is 5.64. The summed E-state index contributed by atoms with van der Waals surface area (Å²) in [6, 6.07) is 0. The zero-order valence-electron chi connectivity index (χ0n) is 12.0. The summed E-state index contributed by atoms with van der Waals surface area (Å²) < 4.78 is 5.46. The number of aromatic nitrogens is 2. The molecule has 0 aliphatic rings. The molecule has 1 heterocycles. The van der Waals surface area contributed by atoms with Crippen LogP contribution in [-0.4, -0.2) is 36.7 Å². The van der Waals surface area contributed by atoms with E-state index in [4.69, 9.17) is 4.74 Å². The van der Waals surface area contributed by atoms with Crippen molar-refractivity contribution in [3.8, 4) is 5.75 Å². The van der Waals surface area contributed by atoms with E-state index in [1.165, 1.54) is 0 Å². The van der Waals surface area contributed by atoms with E-state index in [0.717, 1.165) is 37.0 Å². The molecule has 0 radical (unpaired) electrons. The Morgan fingerprint density at radius 1 is 1.33 bits per heavy atom. The van der Waals surface area contributed by atoms with Crippen molar-refractivity contribution in [2.75, 3.05) is 37.0 Å². The van der Waals surface area contributed by atoms with E-state index < -0.39 is 0 Å². The molecule has 102 valence electrons. The lowest BCUT2D eigenvalue weighted by Crippen LogP contribution is -2.28. The van der Waals surface area contributed by atoms with Gasteiger partial charge in [-0.25, -0.2) is 9.97 Å². The molecule has 0 saturated carbocycles. The summed E-state index contributed by atoms with van der Waals surface area (Å²) >= 11 is 0. The van der Waals surface area contributed by atoms with Gasteiger partial charge < -0.3 is 15.0 Å². The molecule has 0 bridgehead atoms. The van der Waals surface area contributed by atoms with Crippen molar-refractivity contribution in [3.63, 3.8) is 0 Å². The second kappa shape index (κ2) is 7.03. The Hall–Kier alpha value is -1.52. The van der Waals surface area contributed by atoms with Crippen LogP contribution < -0.4 is 15.0 Å². The van der Waals surface area contributed by atoms with Gasteiger partial charge in [-0.2, -0.15) is 0 Å². The van der Waals surface area contributed by atoms with E-state index in [9.17, 15) is 0 Å². The van der Waals surface area contributed by atoms with Crippen LogP contribution >= 0.6 is 0 Å². The molecular weight excluding hydrogens is 228 g/mol. The number of hydrogen-bond acceptors (Lipinski definition) is 5. The zero-order chi connectivity index (χ0) is 13.5. The normalized spacial score (nSPS) is 10.6. The molecule has 0 aromatic carbocycles. The third-order valence-corrected chi connectivity index (χ3v) is 2.60. The summed E-state index contributed by atoms with van der Waals surface area (Å²) in [5.74, 6) is 2.92. The maximum Gasteiger partial charge on any atom is 0.204 e. The number of methoxy groups -OCH3 is 1. The molecule has 1 aromatic heterocycles. The molecule has 0 aliphatic heterocycles. The van der Waals surface area contributed by atoms with Crippen LogP contribution in [0.5, 0.6) is 5.75 Å². The van der Waals surface area contributed by atoms with Gasteiger partial charge in [-0.3, -0.25) is 0 Å². The first-order valence-electron chi connectivity index (χ1n) is 6.51. The maximum absolute atomic E-state index is 5.46. The average Bonchev–Trinajstić information content (AvgIpc) is 2.36. The van der Waals surface area contributed by atoms with Crippen molar-refractivity contribution < 1.29 is 4.74 Å². The monoisotopic (exact) mass is 252 g/mol. The van der Waals surface area contributed by atoms with Crippen LogP contribution in [0.4, 0.5) is 11.6 Å². The first kappa shape index (κ1) is 14.5. The quantitative estimate of drug-likeness (QED) is 0.807. The summed E-state index contributed by atoms with van der Waals surface area (Å²) in [4.78, 5) is 10.8. The SMILES string of the molecule is CCNc1ncnc(N(CC)CC(C)C)c1OC. The number of anilines is 2. The van der Waals surface area contributed by atoms with Gasteiger partial charge in [0.15, 0.2) is 11.6 Å². The molecular formula is C13H24N4O. The van der Waals surface area contributed by atoms with Crippen molar-refractivity contribution in [2.45, 2.75) is 27.7 Å². The highest BCUT2D eigenvalue weighted by Gasteiger charge is 2.17. The number of hydrogen-bond donors (Lipinski definition) is 1. The van der Waals surface area contributed by atoms with E-state index in [-0.39, 0.29) is 0 Å². The van der Waals surface area contributed by atoms with Gasteiger partial charge in [0.25, 0.3) is 0 Å². The average molecular weight is 252 g/mol. The molecule has 1 rings (SSSR count). The zero-order valence-corrected chi connectivity index (χ0v) is 12.0. The Kier molecular flexibility index (Phi) is 5.68. The van der Waals surface area contributed by atoms with E-state index in [1.807, 2.05) is 6.92 Å². The van der Waals surface area contributed by atoms with Crippen molar-refractivity contribution in [1.82, 2.24) is 9.97 Å². The predicted octanol–water partition coefficient (Wildman–Crippen LogP) is 2.40. The fourth-order valence-electron chi connectivity index (χ4n) is 1.88. The highest BCUT2D eigenvalue weighted by Crippen LogP contribution is 2.31. The predicted molar refractivity (Wildman–Crippen MR) is 75.5 cm³/mol. The number of rotatable bonds is 7. The molecule has 0 fully saturated rings. The van der Waals surface area contributed by atoms with Gasteiger partial charge in [0.2, 0.25) is 5.75 Å². The Morgan fingerprint density at radius 2 is 2.06 bits per heavy atom. The minimum Gasteiger partial charge on any atom is -0.490 e.